The van der Waals surface area contributed by atoms with Crippen LogP contribution in [0.5, 0.6) is 0 Å². The predicted octanol–water partition coefficient (Wildman–Crippen LogP) is 8.69. The van der Waals surface area contributed by atoms with Gasteiger partial charge in [-0.05, 0) is 58.8 Å². The van der Waals surface area contributed by atoms with Gasteiger partial charge in [-0.1, -0.05) is 91.7 Å². The SMILES string of the molecule is CC(=O)/C=C(/C)O.CC1(C)c2ccccc2-c2c(-c3cc4c5c(cccc5n3)-c3ccccc3-4)[c-]ccc21.[Ir]. The Labute approximate surface area is 242 Å². The number of aromatic nitrogens is 1. The van der Waals surface area contributed by atoms with Crippen molar-refractivity contribution >= 4 is 16.7 Å². The predicted molar refractivity (Wildman–Crippen MR) is 155 cm³/mol. The van der Waals surface area contributed by atoms with Crippen LogP contribution in [0.15, 0.2) is 96.8 Å². The van der Waals surface area contributed by atoms with E-state index >= 15 is 0 Å². The molecule has 0 saturated heterocycles. The molecule has 1 radical (unpaired) electrons. The van der Waals surface area contributed by atoms with Crippen LogP contribution in [0.4, 0.5) is 0 Å². The van der Waals surface area contributed by atoms with E-state index in [4.69, 9.17) is 10.1 Å². The van der Waals surface area contributed by atoms with Crippen LogP contribution in [0, 0.1) is 6.07 Å². The molecule has 2 aliphatic carbocycles. The molecule has 1 aromatic heterocycles. The number of carbonyl (C=O) groups excluding carboxylic acids is 1. The standard InChI is InChI=1S/C30H20N.C5H8O2.Ir/c1-30(2)24-14-6-5-11-21(24)28-22(13-7-15-25(28)30)27-17-23-19-10-4-3-9-18(19)20-12-8-16-26(31-27)29(20)23;1-4(6)3-5(2)7;/h3-12,14-17H,1-2H3;3,6H,1-2H3;/q-1;;/b;4-3-;. The summed E-state index contributed by atoms with van der Waals surface area (Å²) in [5, 5.41) is 9.63. The molecule has 0 bridgehead atoms. The number of allylic oxidation sites excluding steroid dienone is 2. The van der Waals surface area contributed by atoms with Crippen molar-refractivity contribution in [1.29, 1.82) is 0 Å². The summed E-state index contributed by atoms with van der Waals surface area (Å²) in [6.45, 7) is 7.48. The van der Waals surface area contributed by atoms with Crippen LogP contribution in [-0.2, 0) is 30.3 Å². The van der Waals surface area contributed by atoms with Crippen molar-refractivity contribution in [3.8, 4) is 44.6 Å². The second-order valence-corrected chi connectivity index (χ2v) is 10.5. The average Bonchev–Trinajstić information content (AvgIpc) is 3.35. The molecule has 2 aliphatic rings. The topological polar surface area (TPSA) is 50.2 Å². The Bertz CT molecular complexity index is 1790. The van der Waals surface area contributed by atoms with Crippen LogP contribution in [0.2, 0.25) is 0 Å². The van der Waals surface area contributed by atoms with E-state index in [1.54, 1.807) is 0 Å². The number of hydrogen-bond acceptors (Lipinski definition) is 3. The van der Waals surface area contributed by atoms with Crippen LogP contribution in [0.25, 0.3) is 55.5 Å². The van der Waals surface area contributed by atoms with Gasteiger partial charge in [-0.3, -0.25) is 9.78 Å². The van der Waals surface area contributed by atoms with Crippen molar-refractivity contribution in [3.63, 3.8) is 0 Å². The Morgan fingerprint density at radius 1 is 0.821 bits per heavy atom. The molecule has 0 aliphatic heterocycles. The summed E-state index contributed by atoms with van der Waals surface area (Å²) < 4.78 is 0. The molecular weight excluding hydrogens is 659 g/mol. The molecule has 39 heavy (non-hydrogen) atoms. The van der Waals surface area contributed by atoms with Crippen molar-refractivity contribution in [3.05, 3.63) is 114 Å². The molecule has 0 saturated carbocycles. The molecular formula is C35H28IrNO2-. The van der Waals surface area contributed by atoms with Crippen LogP contribution in [0.1, 0.15) is 38.8 Å². The quantitative estimate of drug-likeness (QED) is 0.113. The van der Waals surface area contributed by atoms with Gasteiger partial charge in [0.25, 0.3) is 0 Å². The Balaban J connectivity index is 0.000000345. The van der Waals surface area contributed by atoms with Crippen molar-refractivity contribution in [2.75, 3.05) is 0 Å². The summed E-state index contributed by atoms with van der Waals surface area (Å²) in [7, 11) is 0. The smallest absolute Gasteiger partial charge is 0.155 e. The molecule has 5 aromatic rings. The molecule has 7 rings (SSSR count). The van der Waals surface area contributed by atoms with Gasteiger partial charge < -0.3 is 5.11 Å². The first-order valence-electron chi connectivity index (χ1n) is 12.8. The van der Waals surface area contributed by atoms with Gasteiger partial charge in [-0.15, -0.1) is 29.3 Å². The molecule has 0 amide bonds. The second-order valence-electron chi connectivity index (χ2n) is 10.5. The minimum absolute atomic E-state index is 0. The molecule has 1 heterocycles. The fourth-order valence-electron chi connectivity index (χ4n) is 5.99. The van der Waals surface area contributed by atoms with E-state index in [1.165, 1.54) is 69.8 Å². The number of aliphatic hydroxyl groups is 1. The third kappa shape index (κ3) is 4.34. The van der Waals surface area contributed by atoms with Crippen molar-refractivity contribution in [1.82, 2.24) is 4.98 Å². The maximum Gasteiger partial charge on any atom is 0.155 e. The number of ketones is 1. The Kier molecular flexibility index (Phi) is 6.88. The van der Waals surface area contributed by atoms with E-state index < -0.39 is 0 Å². The maximum atomic E-state index is 10.0. The molecule has 195 valence electrons. The maximum absolute atomic E-state index is 10.0. The molecule has 0 spiro atoms. The second kappa shape index (κ2) is 10.0. The van der Waals surface area contributed by atoms with Gasteiger partial charge in [0.05, 0.1) is 11.3 Å². The van der Waals surface area contributed by atoms with Crippen LogP contribution in [0.3, 0.4) is 0 Å². The normalized spacial score (nSPS) is 13.5. The van der Waals surface area contributed by atoms with Gasteiger partial charge in [0, 0.05) is 31.6 Å². The molecule has 0 unspecified atom stereocenters. The molecule has 1 N–H and O–H groups in total. The molecule has 0 fully saturated rings. The Morgan fingerprint density at radius 3 is 2.13 bits per heavy atom. The average molecular weight is 687 g/mol. The number of hydrogen-bond donors (Lipinski definition) is 1. The van der Waals surface area contributed by atoms with Gasteiger partial charge in [-0.2, -0.15) is 0 Å². The first kappa shape index (κ1) is 26.7. The van der Waals surface area contributed by atoms with E-state index in [2.05, 4.69) is 105 Å². The van der Waals surface area contributed by atoms with Gasteiger partial charge in [0.2, 0.25) is 0 Å². The third-order valence-corrected chi connectivity index (χ3v) is 7.55. The number of rotatable bonds is 2. The van der Waals surface area contributed by atoms with Crippen molar-refractivity contribution in [2.24, 2.45) is 0 Å². The first-order valence-corrected chi connectivity index (χ1v) is 12.8. The van der Waals surface area contributed by atoms with Crippen LogP contribution >= 0.6 is 0 Å². The Morgan fingerprint density at radius 2 is 1.46 bits per heavy atom. The molecule has 4 heteroatoms. The molecule has 0 atom stereocenters. The fraction of sp³-hybridized carbons (Fsp3) is 0.143. The minimum Gasteiger partial charge on any atom is -0.512 e. The number of nitrogens with zero attached hydrogens (tertiary/aromatic N) is 1. The van der Waals surface area contributed by atoms with E-state index in [9.17, 15) is 4.79 Å². The van der Waals surface area contributed by atoms with Gasteiger partial charge in [0.15, 0.2) is 5.78 Å². The zero-order chi connectivity index (χ0) is 26.6. The summed E-state index contributed by atoms with van der Waals surface area (Å²) in [5.74, 6) is -0.0625. The summed E-state index contributed by atoms with van der Waals surface area (Å²) in [6, 6.07) is 34.1. The van der Waals surface area contributed by atoms with Gasteiger partial charge in [-0.25, -0.2) is 0 Å². The monoisotopic (exact) mass is 687 g/mol. The van der Waals surface area contributed by atoms with Crippen molar-refractivity contribution in [2.45, 2.75) is 33.1 Å². The Hall–Kier alpha value is -3.85. The number of pyridine rings is 1. The van der Waals surface area contributed by atoms with Gasteiger partial charge >= 0.3 is 0 Å². The zero-order valence-electron chi connectivity index (χ0n) is 22.3. The van der Waals surface area contributed by atoms with E-state index in [0.717, 1.165) is 16.8 Å². The van der Waals surface area contributed by atoms with Gasteiger partial charge in [0.1, 0.15) is 0 Å². The largest absolute Gasteiger partial charge is 0.512 e. The van der Waals surface area contributed by atoms with Crippen molar-refractivity contribution < 1.29 is 30.0 Å². The summed E-state index contributed by atoms with van der Waals surface area (Å²) in [5.41, 5.74) is 13.6. The third-order valence-electron chi connectivity index (χ3n) is 7.55. The molecule has 4 aromatic carbocycles. The summed E-state index contributed by atoms with van der Waals surface area (Å²) >= 11 is 0. The van der Waals surface area contributed by atoms with E-state index in [-0.39, 0.29) is 37.1 Å². The number of fused-ring (bicyclic) bond motifs is 6. The number of benzene rings is 4. The van der Waals surface area contributed by atoms with E-state index in [1.807, 2.05) is 0 Å². The summed E-state index contributed by atoms with van der Waals surface area (Å²) in [6.07, 6.45) is 1.17. The number of aliphatic hydroxyl groups excluding tert-OH is 1. The molecule has 3 nitrogen and oxygen atoms in total. The fourth-order valence-corrected chi connectivity index (χ4v) is 5.99. The first-order chi connectivity index (χ1) is 18.3. The zero-order valence-corrected chi connectivity index (χ0v) is 24.7. The summed E-state index contributed by atoms with van der Waals surface area (Å²) in [4.78, 5) is 15.2. The van der Waals surface area contributed by atoms with E-state index in [0.29, 0.717) is 0 Å². The number of carbonyl (C=O) groups is 1. The van der Waals surface area contributed by atoms with Crippen LogP contribution < -0.4 is 0 Å². The van der Waals surface area contributed by atoms with Crippen LogP contribution in [-0.4, -0.2) is 15.9 Å². The minimum atomic E-state index is -0.125.